The second-order valence-electron chi connectivity index (χ2n) is 6.31. The maximum Gasteiger partial charge on any atom is 0.209 e. The molecule has 0 spiro atoms. The molecule has 0 saturated carbocycles. The van der Waals surface area contributed by atoms with Crippen molar-refractivity contribution in [1.29, 1.82) is 0 Å². The molecule has 0 unspecified atom stereocenters. The van der Waals surface area contributed by atoms with Crippen LogP contribution in [0.5, 0.6) is 11.5 Å². The summed E-state index contributed by atoms with van der Waals surface area (Å²) in [6.45, 7) is 4.30. The van der Waals surface area contributed by atoms with Gasteiger partial charge in [-0.05, 0) is 47.2 Å². The first-order valence-corrected chi connectivity index (χ1v) is 11.2. The molecule has 30 heavy (non-hydrogen) atoms. The highest BCUT2D eigenvalue weighted by molar-refractivity contribution is 7.99. The van der Waals surface area contributed by atoms with Gasteiger partial charge in [-0.2, -0.15) is 0 Å². The van der Waals surface area contributed by atoms with E-state index >= 15 is 0 Å². The van der Waals surface area contributed by atoms with Gasteiger partial charge in [0.15, 0.2) is 11.5 Å². The van der Waals surface area contributed by atoms with Crippen LogP contribution in [-0.2, 0) is 20.2 Å². The maximum absolute atomic E-state index is 6.23. The van der Waals surface area contributed by atoms with Crippen molar-refractivity contribution in [2.24, 2.45) is 7.05 Å². The first kappa shape index (κ1) is 22.7. The van der Waals surface area contributed by atoms with Crippen LogP contribution in [0.1, 0.15) is 18.1 Å². The van der Waals surface area contributed by atoms with Crippen LogP contribution in [0.25, 0.3) is 0 Å². The minimum atomic E-state index is 0.268. The zero-order valence-electron chi connectivity index (χ0n) is 16.8. The van der Waals surface area contributed by atoms with Crippen LogP contribution in [-0.4, -0.2) is 39.1 Å². The molecule has 1 N–H and O–H groups in total. The molecule has 0 saturated heterocycles. The summed E-state index contributed by atoms with van der Waals surface area (Å²) in [6.07, 6.45) is 0. The fraction of sp³-hybridized carbons (Fsp3) is 0.350. The topological polar surface area (TPSA) is 74.1 Å². The molecule has 0 aliphatic carbocycles. The Hall–Kier alpha value is -2.00. The minimum absolute atomic E-state index is 0.268. The molecule has 1 aromatic heterocycles. The zero-order valence-corrected chi connectivity index (χ0v) is 19.1. The summed E-state index contributed by atoms with van der Waals surface area (Å²) in [4.78, 5) is 0. The molecule has 2 aromatic carbocycles. The summed E-state index contributed by atoms with van der Waals surface area (Å²) in [6, 6.07) is 11.3. The molecule has 0 amide bonds. The van der Waals surface area contributed by atoms with Gasteiger partial charge >= 0.3 is 0 Å². The highest BCUT2D eigenvalue weighted by atomic mass is 35.5. The average Bonchev–Trinajstić information content (AvgIpc) is 3.13. The largest absolute Gasteiger partial charge is 0.490 e. The van der Waals surface area contributed by atoms with Crippen molar-refractivity contribution in [2.45, 2.75) is 25.2 Å². The monoisotopic (exact) mass is 467 g/mol. The number of hydrogen-bond acceptors (Lipinski definition) is 7. The van der Waals surface area contributed by atoms with Gasteiger partial charge in [-0.1, -0.05) is 47.1 Å². The van der Waals surface area contributed by atoms with Crippen molar-refractivity contribution in [3.8, 4) is 11.5 Å². The Bertz CT molecular complexity index is 950. The number of benzene rings is 2. The van der Waals surface area contributed by atoms with Gasteiger partial charge in [0.1, 0.15) is 6.61 Å². The van der Waals surface area contributed by atoms with Gasteiger partial charge in [-0.25, -0.2) is 4.68 Å². The first-order chi connectivity index (χ1) is 14.6. The third-order valence-corrected chi connectivity index (χ3v) is 5.88. The Morgan fingerprint density at radius 2 is 1.90 bits per heavy atom. The Morgan fingerprint density at radius 3 is 2.60 bits per heavy atom. The molecule has 0 fully saturated rings. The van der Waals surface area contributed by atoms with Crippen molar-refractivity contribution < 1.29 is 9.47 Å². The Morgan fingerprint density at radius 1 is 1.10 bits per heavy atom. The minimum Gasteiger partial charge on any atom is -0.490 e. The smallest absolute Gasteiger partial charge is 0.209 e. The van der Waals surface area contributed by atoms with Crippen LogP contribution in [0.3, 0.4) is 0 Å². The van der Waals surface area contributed by atoms with Gasteiger partial charge in [0.05, 0.1) is 6.61 Å². The molecule has 0 radical (unpaired) electrons. The van der Waals surface area contributed by atoms with Crippen molar-refractivity contribution in [2.75, 3.05) is 18.9 Å². The summed E-state index contributed by atoms with van der Waals surface area (Å²) in [5.41, 5.74) is 1.86. The molecular formula is C20H23Cl2N5O2S. The Balaban J connectivity index is 1.54. The summed E-state index contributed by atoms with van der Waals surface area (Å²) in [5, 5.41) is 16.8. The van der Waals surface area contributed by atoms with Gasteiger partial charge in [0, 0.05) is 41.5 Å². The number of hydrogen-bond donors (Lipinski definition) is 1. The number of ether oxygens (including phenoxy) is 2. The van der Waals surface area contributed by atoms with Crippen LogP contribution < -0.4 is 14.8 Å². The van der Waals surface area contributed by atoms with E-state index in [2.05, 4.69) is 20.8 Å². The predicted molar refractivity (Wildman–Crippen MR) is 120 cm³/mol. The molecular weight excluding hydrogens is 445 g/mol. The Kier molecular flexibility index (Phi) is 8.62. The molecule has 0 aliphatic heterocycles. The standard InChI is InChI=1S/C20H23Cl2N5O2S/c1-3-28-19-11-14(12-23-9-10-30-20-24-25-26-27(20)2)7-8-18(19)29-13-15-16(21)5-4-6-17(15)22/h4-8,11,23H,3,9-10,12-13H2,1-2H3. The summed E-state index contributed by atoms with van der Waals surface area (Å²) in [5.74, 6) is 2.22. The summed E-state index contributed by atoms with van der Waals surface area (Å²) < 4.78 is 13.4. The number of tetrazole rings is 1. The molecule has 3 aromatic rings. The lowest BCUT2D eigenvalue weighted by atomic mass is 10.2. The van der Waals surface area contributed by atoms with E-state index in [1.807, 2.05) is 38.2 Å². The number of aryl methyl sites for hydroxylation is 1. The van der Waals surface area contributed by atoms with E-state index in [0.29, 0.717) is 34.7 Å². The molecule has 0 aliphatic rings. The number of thioether (sulfide) groups is 1. The molecule has 10 heteroatoms. The van der Waals surface area contributed by atoms with Crippen molar-refractivity contribution in [3.05, 3.63) is 57.6 Å². The quantitative estimate of drug-likeness (QED) is 0.331. The van der Waals surface area contributed by atoms with Crippen LogP contribution >= 0.6 is 35.0 Å². The third-order valence-electron chi connectivity index (χ3n) is 4.16. The molecule has 160 valence electrons. The van der Waals surface area contributed by atoms with E-state index in [4.69, 9.17) is 32.7 Å². The number of halogens is 2. The zero-order chi connectivity index (χ0) is 21.3. The van der Waals surface area contributed by atoms with Crippen LogP contribution in [0.2, 0.25) is 10.0 Å². The number of aromatic nitrogens is 4. The van der Waals surface area contributed by atoms with Crippen LogP contribution in [0, 0.1) is 0 Å². The average molecular weight is 468 g/mol. The summed E-state index contributed by atoms with van der Waals surface area (Å²) in [7, 11) is 1.83. The van der Waals surface area contributed by atoms with E-state index < -0.39 is 0 Å². The van der Waals surface area contributed by atoms with Gasteiger partial charge < -0.3 is 14.8 Å². The number of nitrogens with one attached hydrogen (secondary N) is 1. The first-order valence-electron chi connectivity index (χ1n) is 9.45. The lowest BCUT2D eigenvalue weighted by Gasteiger charge is -2.15. The number of rotatable bonds is 11. The lowest BCUT2D eigenvalue weighted by molar-refractivity contribution is 0.269. The second kappa shape index (κ2) is 11.4. The molecule has 7 nitrogen and oxygen atoms in total. The van der Waals surface area contributed by atoms with E-state index in [9.17, 15) is 0 Å². The third kappa shape index (κ3) is 6.25. The van der Waals surface area contributed by atoms with Crippen LogP contribution in [0.4, 0.5) is 0 Å². The normalized spacial score (nSPS) is 10.9. The van der Waals surface area contributed by atoms with Crippen molar-refractivity contribution in [3.63, 3.8) is 0 Å². The Labute approximate surface area is 190 Å². The van der Waals surface area contributed by atoms with Crippen molar-refractivity contribution in [1.82, 2.24) is 25.5 Å². The van der Waals surface area contributed by atoms with E-state index in [1.165, 1.54) is 0 Å². The highest BCUT2D eigenvalue weighted by Gasteiger charge is 2.11. The van der Waals surface area contributed by atoms with Gasteiger partial charge in [0.2, 0.25) is 5.16 Å². The van der Waals surface area contributed by atoms with E-state index in [0.717, 1.165) is 28.6 Å². The predicted octanol–water partition coefficient (Wildman–Crippen LogP) is 4.38. The number of nitrogens with zero attached hydrogens (tertiary/aromatic N) is 4. The lowest BCUT2D eigenvalue weighted by Crippen LogP contribution is -2.17. The van der Waals surface area contributed by atoms with Gasteiger partial charge in [0.25, 0.3) is 0 Å². The SMILES string of the molecule is CCOc1cc(CNCCSc2nnnn2C)ccc1OCc1c(Cl)cccc1Cl. The highest BCUT2D eigenvalue weighted by Crippen LogP contribution is 2.31. The van der Waals surface area contributed by atoms with Crippen LogP contribution in [0.15, 0.2) is 41.6 Å². The second-order valence-corrected chi connectivity index (χ2v) is 8.19. The molecule has 3 rings (SSSR count). The van der Waals surface area contributed by atoms with Gasteiger partial charge in [-0.15, -0.1) is 5.10 Å². The van der Waals surface area contributed by atoms with Crippen molar-refractivity contribution >= 4 is 35.0 Å². The fourth-order valence-corrected chi connectivity index (χ4v) is 3.91. The maximum atomic E-state index is 6.23. The van der Waals surface area contributed by atoms with E-state index in [1.54, 1.807) is 28.6 Å². The molecule has 0 bridgehead atoms. The molecule has 0 atom stereocenters. The van der Waals surface area contributed by atoms with E-state index in [-0.39, 0.29) is 6.61 Å². The summed E-state index contributed by atoms with van der Waals surface area (Å²) >= 11 is 14.1. The fourth-order valence-electron chi connectivity index (χ4n) is 2.66. The van der Waals surface area contributed by atoms with Gasteiger partial charge in [-0.3, -0.25) is 0 Å². The molecule has 1 heterocycles.